The largest absolute Gasteiger partial charge is 0.357 e. The Morgan fingerprint density at radius 2 is 1.27 bits per heavy atom. The van der Waals surface area contributed by atoms with Crippen LogP contribution in [-0.2, 0) is 0 Å². The maximum atomic E-state index is 5.39. The highest BCUT2D eigenvalue weighted by Gasteiger charge is 2.28. The first-order valence-corrected chi connectivity index (χ1v) is 15.8. The molecule has 2 aromatic heterocycles. The summed E-state index contributed by atoms with van der Waals surface area (Å²) in [6, 6.07) is 42.0. The molecular weight excluding hydrogens is 555 g/mol. The summed E-state index contributed by atoms with van der Waals surface area (Å²) in [6.07, 6.45) is 8.51. The lowest BCUT2D eigenvalue weighted by molar-refractivity contribution is 0.837. The summed E-state index contributed by atoms with van der Waals surface area (Å²) in [7, 11) is 0. The smallest absolute Gasteiger partial charge is 0.138 e. The molecule has 0 radical (unpaired) electrons. The summed E-state index contributed by atoms with van der Waals surface area (Å²) in [5.41, 5.74) is 5.44. The fraction of sp³-hybridized carbons (Fsp3) is 0.0250. The molecule has 1 N–H and O–H groups in total. The van der Waals surface area contributed by atoms with E-state index in [0.29, 0.717) is 0 Å². The minimum absolute atomic E-state index is 0.000204. The van der Waals surface area contributed by atoms with Crippen LogP contribution in [0.15, 0.2) is 145 Å². The van der Waals surface area contributed by atoms with E-state index in [1.54, 1.807) is 0 Å². The number of aromatic nitrogens is 1. The van der Waals surface area contributed by atoms with E-state index in [1.165, 1.54) is 63.5 Å². The zero-order valence-electron chi connectivity index (χ0n) is 23.7. The van der Waals surface area contributed by atoms with Crippen molar-refractivity contribution in [1.29, 1.82) is 0 Å². The maximum absolute atomic E-state index is 5.39. The molecule has 6 aromatic carbocycles. The predicted octanol–water partition coefficient (Wildman–Crippen LogP) is 10.3. The van der Waals surface area contributed by atoms with Crippen LogP contribution in [-0.4, -0.2) is 16.3 Å². The predicted molar refractivity (Wildman–Crippen MR) is 190 cm³/mol. The molecule has 44 heavy (non-hydrogen) atoms. The van der Waals surface area contributed by atoms with Gasteiger partial charge in [-0.25, -0.2) is 4.99 Å². The zero-order chi connectivity index (χ0) is 28.8. The highest BCUT2D eigenvalue weighted by molar-refractivity contribution is 7.25. The highest BCUT2D eigenvalue weighted by atomic mass is 32.1. The van der Waals surface area contributed by atoms with Gasteiger partial charge in [-0.15, -0.1) is 11.3 Å². The normalized spacial score (nSPS) is 16.5. The Hall–Kier alpha value is -5.45. The molecule has 0 saturated heterocycles. The molecule has 0 amide bonds. The van der Waals surface area contributed by atoms with E-state index in [0.717, 1.165) is 22.8 Å². The van der Waals surface area contributed by atoms with Crippen LogP contribution in [0.4, 0.5) is 0 Å². The standard InChI is InChI=1S/C40H25N3S/c1-3-11-27-24(9-1)18-21-33-37(27)38-28-12-4-2-10-25(28)19-22-34(38)43(33)40-39(41-31-14-6-7-15-32(31)42-40)26-17-20-30-29-13-5-8-16-35(29)44-36(30)23-26/h1-23,32,42H. The van der Waals surface area contributed by atoms with Gasteiger partial charge in [0.05, 0.1) is 22.8 Å². The molecule has 0 spiro atoms. The molecule has 1 aliphatic heterocycles. The lowest BCUT2D eigenvalue weighted by atomic mass is 10.00. The van der Waals surface area contributed by atoms with Gasteiger partial charge in [0.25, 0.3) is 0 Å². The molecule has 206 valence electrons. The third-order valence-electron chi connectivity index (χ3n) is 9.18. The van der Waals surface area contributed by atoms with Crippen LogP contribution in [0.3, 0.4) is 0 Å². The Labute approximate surface area is 257 Å². The number of thiophene rings is 1. The van der Waals surface area contributed by atoms with Gasteiger partial charge in [-0.3, -0.25) is 4.57 Å². The quantitative estimate of drug-likeness (QED) is 0.217. The summed E-state index contributed by atoms with van der Waals surface area (Å²) < 4.78 is 5.00. The van der Waals surface area contributed by atoms with Gasteiger partial charge in [0.2, 0.25) is 0 Å². The number of nitrogens with one attached hydrogen (secondary N) is 1. The van der Waals surface area contributed by atoms with E-state index >= 15 is 0 Å². The summed E-state index contributed by atoms with van der Waals surface area (Å²) in [6.45, 7) is 0. The van der Waals surface area contributed by atoms with Gasteiger partial charge in [-0.1, -0.05) is 109 Å². The molecule has 0 saturated carbocycles. The summed E-state index contributed by atoms with van der Waals surface area (Å²) in [4.78, 5) is 5.39. The summed E-state index contributed by atoms with van der Waals surface area (Å²) in [5, 5.41) is 14.1. The van der Waals surface area contributed by atoms with Gasteiger partial charge in [0.1, 0.15) is 11.5 Å². The Balaban J connectivity index is 1.35. The number of nitrogens with zero attached hydrogens (tertiary/aromatic N) is 2. The Bertz CT molecular complexity index is 2550. The topological polar surface area (TPSA) is 29.3 Å². The highest BCUT2D eigenvalue weighted by Crippen LogP contribution is 2.43. The first kappa shape index (κ1) is 24.0. The van der Waals surface area contributed by atoms with Gasteiger partial charge in [0.15, 0.2) is 0 Å². The fourth-order valence-corrected chi connectivity index (χ4v) is 8.34. The third-order valence-corrected chi connectivity index (χ3v) is 10.3. The number of hydrogen-bond donors (Lipinski definition) is 1. The molecule has 3 nitrogen and oxygen atoms in total. The van der Waals surface area contributed by atoms with Crippen molar-refractivity contribution in [1.82, 2.24) is 9.88 Å². The Morgan fingerprint density at radius 1 is 0.614 bits per heavy atom. The van der Waals surface area contributed by atoms with E-state index in [1.807, 2.05) is 11.3 Å². The van der Waals surface area contributed by atoms with Crippen LogP contribution in [0.25, 0.3) is 75.0 Å². The van der Waals surface area contributed by atoms with Gasteiger partial charge in [0, 0.05) is 36.5 Å². The molecule has 8 aromatic rings. The molecule has 1 atom stereocenters. The molecule has 1 unspecified atom stereocenters. The molecule has 2 aliphatic rings. The van der Waals surface area contributed by atoms with E-state index < -0.39 is 0 Å². The zero-order valence-corrected chi connectivity index (χ0v) is 24.5. The van der Waals surface area contributed by atoms with Crippen molar-refractivity contribution in [2.24, 2.45) is 4.99 Å². The molecule has 4 heteroatoms. The summed E-state index contributed by atoms with van der Waals surface area (Å²) in [5.74, 6) is 1.00. The van der Waals surface area contributed by atoms with Crippen LogP contribution < -0.4 is 5.32 Å². The maximum Gasteiger partial charge on any atom is 0.138 e. The van der Waals surface area contributed by atoms with Crippen molar-refractivity contribution in [2.45, 2.75) is 6.04 Å². The van der Waals surface area contributed by atoms with Crippen LogP contribution >= 0.6 is 11.3 Å². The fourth-order valence-electron chi connectivity index (χ4n) is 7.19. The molecule has 0 fully saturated rings. The van der Waals surface area contributed by atoms with E-state index in [-0.39, 0.29) is 6.04 Å². The number of fused-ring (bicyclic) bond motifs is 11. The average molecular weight is 580 g/mol. The number of benzene rings is 6. The van der Waals surface area contributed by atoms with Crippen LogP contribution in [0, 0.1) is 0 Å². The lowest BCUT2D eigenvalue weighted by Crippen LogP contribution is -2.38. The second-order valence-corrected chi connectivity index (χ2v) is 12.7. The average Bonchev–Trinajstić information content (AvgIpc) is 3.63. The van der Waals surface area contributed by atoms with Gasteiger partial charge < -0.3 is 5.32 Å². The van der Waals surface area contributed by atoms with Gasteiger partial charge >= 0.3 is 0 Å². The van der Waals surface area contributed by atoms with Crippen LogP contribution in [0.2, 0.25) is 0 Å². The molecule has 3 heterocycles. The van der Waals surface area contributed by atoms with Crippen molar-refractivity contribution in [2.75, 3.05) is 0 Å². The minimum atomic E-state index is 0.000204. The monoisotopic (exact) mass is 579 g/mol. The van der Waals surface area contributed by atoms with Crippen molar-refractivity contribution < 1.29 is 0 Å². The number of aliphatic imine (C=N–C) groups is 1. The number of hydrogen-bond acceptors (Lipinski definition) is 3. The second kappa shape index (κ2) is 9.03. The first-order valence-electron chi connectivity index (χ1n) is 15.0. The van der Waals surface area contributed by atoms with Gasteiger partial charge in [-0.05, 0) is 51.9 Å². The second-order valence-electron chi connectivity index (χ2n) is 11.6. The SMILES string of the molecule is C1=CC2=NC(c3ccc4c(c3)sc3ccccc34)=C(n3c4ccc5ccccc5c4c4c5ccccc5ccc43)NC2C=C1. The Morgan fingerprint density at radius 3 is 2.02 bits per heavy atom. The van der Waals surface area contributed by atoms with Crippen LogP contribution in [0.5, 0.6) is 0 Å². The Kier molecular flexibility index (Phi) is 4.93. The van der Waals surface area contributed by atoms with Crippen molar-refractivity contribution in [3.8, 4) is 0 Å². The van der Waals surface area contributed by atoms with E-state index in [2.05, 4.69) is 149 Å². The third kappa shape index (κ3) is 3.34. The van der Waals surface area contributed by atoms with Gasteiger partial charge in [-0.2, -0.15) is 0 Å². The molecule has 1 aliphatic carbocycles. The number of allylic oxidation sites excluding steroid dienone is 2. The first-order chi connectivity index (χ1) is 21.8. The molecule has 10 rings (SSSR count). The molecule has 0 bridgehead atoms. The van der Waals surface area contributed by atoms with Crippen molar-refractivity contribution >= 4 is 92.1 Å². The van der Waals surface area contributed by atoms with Crippen molar-refractivity contribution in [3.05, 3.63) is 145 Å². The summed E-state index contributed by atoms with van der Waals surface area (Å²) >= 11 is 1.85. The van der Waals surface area contributed by atoms with E-state index in [9.17, 15) is 0 Å². The van der Waals surface area contributed by atoms with E-state index in [4.69, 9.17) is 4.99 Å². The van der Waals surface area contributed by atoms with Crippen molar-refractivity contribution in [3.63, 3.8) is 0 Å². The molecular formula is C40H25N3S. The lowest BCUT2D eigenvalue weighted by Gasteiger charge is -2.29. The van der Waals surface area contributed by atoms with Crippen LogP contribution in [0.1, 0.15) is 5.56 Å². The number of rotatable bonds is 2. The minimum Gasteiger partial charge on any atom is -0.357 e.